The molecule has 2 heterocycles. The molecule has 2 aromatic rings. The number of amides is 1. The first-order valence-corrected chi connectivity index (χ1v) is 12.6. The van der Waals surface area contributed by atoms with Gasteiger partial charge >= 0.3 is 0 Å². The topological polar surface area (TPSA) is 77.9 Å². The van der Waals surface area contributed by atoms with Crippen LogP contribution in [0.25, 0.3) is 0 Å². The largest absolute Gasteiger partial charge is 0.396 e. The number of aliphatic hydroxyl groups excluding tert-OH is 1. The first-order chi connectivity index (χ1) is 15.7. The molecule has 0 saturated carbocycles. The Balaban J connectivity index is 1.59. The highest BCUT2D eigenvalue weighted by Crippen LogP contribution is 2.37. The van der Waals surface area contributed by atoms with E-state index in [-0.39, 0.29) is 30.1 Å². The van der Waals surface area contributed by atoms with Gasteiger partial charge in [-0.3, -0.25) is 4.79 Å². The molecule has 6 nitrogen and oxygen atoms in total. The minimum absolute atomic E-state index is 0.0592. The average molecular weight is 479 g/mol. The molecule has 33 heavy (non-hydrogen) atoms. The predicted molar refractivity (Wildman–Crippen MR) is 120 cm³/mol. The number of aliphatic hydroxyl groups is 1. The Bertz CT molecular complexity index is 1130. The van der Waals surface area contributed by atoms with Crippen molar-refractivity contribution in [1.29, 1.82) is 0 Å². The lowest BCUT2D eigenvalue weighted by atomic mass is 9.84. The zero-order valence-corrected chi connectivity index (χ0v) is 19.3. The Kier molecular flexibility index (Phi) is 6.83. The van der Waals surface area contributed by atoms with Crippen LogP contribution in [-0.4, -0.2) is 55.4 Å². The lowest BCUT2D eigenvalue weighted by Crippen LogP contribution is -2.39. The van der Waals surface area contributed by atoms with E-state index in [1.807, 2.05) is 6.07 Å². The summed E-state index contributed by atoms with van der Waals surface area (Å²) in [4.78, 5) is 13.9. The van der Waals surface area contributed by atoms with Crippen LogP contribution in [0.2, 0.25) is 0 Å². The molecule has 2 aliphatic heterocycles. The van der Waals surface area contributed by atoms with Crippen molar-refractivity contribution in [2.45, 2.75) is 37.0 Å². The van der Waals surface area contributed by atoms with Gasteiger partial charge in [0.25, 0.3) is 0 Å². The molecule has 4 rings (SSSR count). The Morgan fingerprint density at radius 2 is 1.82 bits per heavy atom. The fourth-order valence-corrected chi connectivity index (χ4v) is 6.98. The van der Waals surface area contributed by atoms with Crippen LogP contribution in [0.4, 0.5) is 8.78 Å². The van der Waals surface area contributed by atoms with Gasteiger partial charge in [-0.15, -0.1) is 0 Å². The molecule has 2 fully saturated rings. The SMILES string of the molecule is CN1CCC(C(CO)c2cc(F)c(CN3CCC[C@H](c4ccccc4)S3(=O)=O)cc2F)C1=O. The van der Waals surface area contributed by atoms with Gasteiger partial charge in [-0.25, -0.2) is 17.2 Å². The second-order valence-electron chi connectivity index (χ2n) is 8.83. The van der Waals surface area contributed by atoms with Crippen molar-refractivity contribution in [3.63, 3.8) is 0 Å². The second kappa shape index (κ2) is 9.48. The third-order valence-electron chi connectivity index (χ3n) is 6.83. The van der Waals surface area contributed by atoms with E-state index >= 15 is 8.78 Å². The summed E-state index contributed by atoms with van der Waals surface area (Å²) in [6.45, 7) is -0.0307. The van der Waals surface area contributed by atoms with Crippen LogP contribution < -0.4 is 0 Å². The normalized spacial score (nSPS) is 24.2. The number of carbonyl (C=O) groups is 1. The highest BCUT2D eigenvalue weighted by molar-refractivity contribution is 7.89. The second-order valence-corrected chi connectivity index (χ2v) is 10.9. The van der Waals surface area contributed by atoms with E-state index in [9.17, 15) is 18.3 Å². The summed E-state index contributed by atoms with van der Waals surface area (Å²) in [5.41, 5.74) is 0.553. The molecule has 3 atom stereocenters. The van der Waals surface area contributed by atoms with Crippen molar-refractivity contribution in [2.75, 3.05) is 26.7 Å². The molecule has 0 aromatic heterocycles. The fraction of sp³-hybridized carbons (Fsp3) is 0.458. The predicted octanol–water partition coefficient (Wildman–Crippen LogP) is 3.19. The molecule has 2 saturated heterocycles. The standard InChI is InChI=1S/C24H28F2N2O4S/c1-27-11-9-18(24(27)30)20(15-29)19-13-21(25)17(12-22(19)26)14-28-10-5-8-23(33(28,31)32)16-6-3-2-4-7-16/h2-4,6-7,12-13,18,20,23,29H,5,8-11,14-15H2,1H3/t18?,20?,23-/m1/s1. The Morgan fingerprint density at radius 1 is 1.09 bits per heavy atom. The van der Waals surface area contributed by atoms with Crippen LogP contribution in [0.1, 0.15) is 47.1 Å². The molecule has 2 aliphatic rings. The molecule has 0 bridgehead atoms. The number of carbonyl (C=O) groups excluding carboxylic acids is 1. The molecule has 2 aromatic carbocycles. The maximum absolute atomic E-state index is 15.1. The van der Waals surface area contributed by atoms with Crippen molar-refractivity contribution in [3.05, 3.63) is 70.8 Å². The average Bonchev–Trinajstić information content (AvgIpc) is 3.12. The third kappa shape index (κ3) is 4.54. The lowest BCUT2D eigenvalue weighted by Gasteiger charge is -2.33. The van der Waals surface area contributed by atoms with Crippen LogP contribution in [0.3, 0.4) is 0 Å². The van der Waals surface area contributed by atoms with Gasteiger partial charge in [-0.1, -0.05) is 30.3 Å². The first-order valence-electron chi connectivity index (χ1n) is 11.1. The van der Waals surface area contributed by atoms with Gasteiger partial charge in [-0.2, -0.15) is 4.31 Å². The Morgan fingerprint density at radius 3 is 2.45 bits per heavy atom. The molecular weight excluding hydrogens is 450 g/mol. The molecule has 0 aliphatic carbocycles. The number of halogens is 2. The molecule has 0 spiro atoms. The molecule has 9 heteroatoms. The number of hydrogen-bond donors (Lipinski definition) is 1. The van der Waals surface area contributed by atoms with Crippen molar-refractivity contribution in [2.24, 2.45) is 5.92 Å². The van der Waals surface area contributed by atoms with Gasteiger partial charge in [0, 0.05) is 44.1 Å². The van der Waals surface area contributed by atoms with Gasteiger partial charge in [0.05, 0.1) is 6.61 Å². The minimum Gasteiger partial charge on any atom is -0.396 e. The zero-order valence-electron chi connectivity index (χ0n) is 18.5. The number of benzene rings is 2. The molecular formula is C24H28F2N2O4S. The number of hydrogen-bond acceptors (Lipinski definition) is 4. The molecule has 1 N–H and O–H groups in total. The number of likely N-dealkylation sites (tertiary alicyclic amines) is 1. The summed E-state index contributed by atoms with van der Waals surface area (Å²) in [6, 6.07) is 10.9. The first kappa shape index (κ1) is 23.8. The van der Waals surface area contributed by atoms with Gasteiger partial charge in [-0.05, 0) is 42.5 Å². The maximum Gasteiger partial charge on any atom is 0.226 e. The lowest BCUT2D eigenvalue weighted by molar-refractivity contribution is -0.130. The zero-order chi connectivity index (χ0) is 23.8. The Labute approximate surface area is 192 Å². The summed E-state index contributed by atoms with van der Waals surface area (Å²) >= 11 is 0. The van der Waals surface area contributed by atoms with E-state index in [1.54, 1.807) is 31.3 Å². The van der Waals surface area contributed by atoms with Crippen molar-refractivity contribution < 1.29 is 27.1 Å². The number of nitrogens with zero attached hydrogens (tertiary/aromatic N) is 2. The monoisotopic (exact) mass is 478 g/mol. The van der Waals surface area contributed by atoms with Gasteiger partial charge in [0.2, 0.25) is 15.9 Å². The molecule has 1 amide bonds. The van der Waals surface area contributed by atoms with E-state index in [0.29, 0.717) is 31.4 Å². The maximum atomic E-state index is 15.1. The smallest absolute Gasteiger partial charge is 0.226 e. The van der Waals surface area contributed by atoms with Crippen LogP contribution in [-0.2, 0) is 21.4 Å². The number of sulfonamides is 1. The van der Waals surface area contributed by atoms with E-state index in [2.05, 4.69) is 0 Å². The summed E-state index contributed by atoms with van der Waals surface area (Å²) < 4.78 is 57.7. The summed E-state index contributed by atoms with van der Waals surface area (Å²) in [7, 11) is -2.11. The van der Waals surface area contributed by atoms with Gasteiger partial charge in [0.1, 0.15) is 16.9 Å². The third-order valence-corrected chi connectivity index (χ3v) is 9.09. The van der Waals surface area contributed by atoms with E-state index in [1.165, 1.54) is 9.21 Å². The van der Waals surface area contributed by atoms with Gasteiger partial charge in [0.15, 0.2) is 0 Å². The van der Waals surface area contributed by atoms with Crippen molar-refractivity contribution >= 4 is 15.9 Å². The minimum atomic E-state index is -3.75. The fourth-order valence-electron chi connectivity index (χ4n) is 4.95. The quantitative estimate of drug-likeness (QED) is 0.692. The summed E-state index contributed by atoms with van der Waals surface area (Å²) in [5.74, 6) is -3.17. The highest BCUT2D eigenvalue weighted by atomic mass is 32.2. The van der Waals surface area contributed by atoms with E-state index < -0.39 is 45.4 Å². The molecule has 2 unspecified atom stereocenters. The van der Waals surface area contributed by atoms with Crippen molar-refractivity contribution in [1.82, 2.24) is 9.21 Å². The highest BCUT2D eigenvalue weighted by Gasteiger charge is 2.39. The van der Waals surface area contributed by atoms with Crippen LogP contribution in [0, 0.1) is 17.6 Å². The number of rotatable bonds is 6. The molecule has 0 radical (unpaired) electrons. The Hall–Kier alpha value is -2.36. The van der Waals surface area contributed by atoms with Crippen LogP contribution in [0.15, 0.2) is 42.5 Å². The summed E-state index contributed by atoms with van der Waals surface area (Å²) in [5, 5.41) is 9.13. The molecule has 178 valence electrons. The van der Waals surface area contributed by atoms with E-state index in [4.69, 9.17) is 0 Å². The van der Waals surface area contributed by atoms with Crippen LogP contribution >= 0.6 is 0 Å². The van der Waals surface area contributed by atoms with E-state index in [0.717, 1.165) is 12.1 Å². The van der Waals surface area contributed by atoms with Crippen molar-refractivity contribution in [3.8, 4) is 0 Å². The van der Waals surface area contributed by atoms with Crippen LogP contribution in [0.5, 0.6) is 0 Å². The van der Waals surface area contributed by atoms with Gasteiger partial charge < -0.3 is 10.0 Å². The summed E-state index contributed by atoms with van der Waals surface area (Å²) in [6.07, 6.45) is 1.54.